The summed E-state index contributed by atoms with van der Waals surface area (Å²) in [5, 5.41) is 13.0. The molecule has 0 radical (unpaired) electrons. The number of piperidine rings is 1. The lowest BCUT2D eigenvalue weighted by molar-refractivity contribution is -0.199. The van der Waals surface area contributed by atoms with Crippen molar-refractivity contribution in [1.29, 1.82) is 0 Å². The van der Waals surface area contributed by atoms with Crippen LogP contribution in [0.25, 0.3) is 0 Å². The Morgan fingerprint density at radius 3 is 2.47 bits per heavy atom. The summed E-state index contributed by atoms with van der Waals surface area (Å²) >= 11 is 1.04. The molecule has 60 heavy (non-hydrogen) atoms. The Morgan fingerprint density at radius 1 is 1.03 bits per heavy atom. The van der Waals surface area contributed by atoms with Gasteiger partial charge in [0.2, 0.25) is 17.7 Å². The molecule has 2 bridgehead atoms. The van der Waals surface area contributed by atoms with Crippen LogP contribution < -0.4 is 26.0 Å². The molecule has 1 aromatic heterocycles. The third kappa shape index (κ3) is 8.35. The summed E-state index contributed by atoms with van der Waals surface area (Å²) in [6.45, 7) is 11.9. The number of rotatable bonds is 13. The van der Waals surface area contributed by atoms with E-state index in [2.05, 4.69) is 47.0 Å². The number of aromatic nitrogens is 1. The molecule has 2 saturated heterocycles. The summed E-state index contributed by atoms with van der Waals surface area (Å²) in [6, 6.07) is 13.5. The van der Waals surface area contributed by atoms with E-state index in [0.717, 1.165) is 29.7 Å². The fourth-order valence-corrected chi connectivity index (χ4v) is 9.92. The number of carbonyl (C=O) groups excluding carboxylic acids is 5. The molecule has 8 rings (SSSR count). The Bertz CT molecular complexity index is 2110. The van der Waals surface area contributed by atoms with Crippen LogP contribution in [0.3, 0.4) is 0 Å². The summed E-state index contributed by atoms with van der Waals surface area (Å²) in [4.78, 5) is 72.4. The number of benzene rings is 2. The number of carbonyl (C=O) groups is 5. The Labute approximate surface area is 354 Å². The van der Waals surface area contributed by atoms with Crippen LogP contribution >= 0.6 is 11.3 Å². The number of ether oxygens (including phenoxy) is 3. The monoisotopic (exact) mass is 843 g/mol. The van der Waals surface area contributed by atoms with E-state index < -0.39 is 59.5 Å². The van der Waals surface area contributed by atoms with Crippen molar-refractivity contribution >= 4 is 53.4 Å². The lowest BCUT2D eigenvalue weighted by atomic mass is 9.43. The van der Waals surface area contributed by atoms with Gasteiger partial charge in [-0.1, -0.05) is 77.1 Å². The molecular formula is C43H54BN5O10S. The molecule has 3 aromatic rings. The average molecular weight is 844 g/mol. The molecular weight excluding hydrogens is 789 g/mol. The summed E-state index contributed by atoms with van der Waals surface area (Å²) in [5.41, 5.74) is -2.07. The van der Waals surface area contributed by atoms with E-state index in [9.17, 15) is 19.2 Å². The SMILES string of the molecule is COc1ccccc1C(=O)OC[C@@](NC(=O)C(NC(=O)C1CCCC(=O)N1)c1csc(NC(=O)OCc2ccccc2)n1)(B1OC2CC3CC(C3(C)C)[C@]2(C)O1)C(C)(C)C. The zero-order valence-corrected chi connectivity index (χ0v) is 35.9. The third-order valence-corrected chi connectivity index (χ3v) is 13.9. The van der Waals surface area contributed by atoms with E-state index >= 15 is 4.79 Å². The van der Waals surface area contributed by atoms with Gasteiger partial charge in [0, 0.05) is 11.8 Å². The predicted octanol–water partition coefficient (Wildman–Crippen LogP) is 5.75. The van der Waals surface area contributed by atoms with Gasteiger partial charge >= 0.3 is 19.2 Å². The molecule has 5 unspecified atom stereocenters. The first kappa shape index (κ1) is 43.1. The Balaban J connectivity index is 1.21. The molecule has 7 atom stereocenters. The number of methoxy groups -OCH3 is 1. The van der Waals surface area contributed by atoms with Crippen molar-refractivity contribution < 1.29 is 47.5 Å². The lowest BCUT2D eigenvalue weighted by Crippen LogP contribution is -2.71. The molecule has 5 aliphatic rings. The van der Waals surface area contributed by atoms with Gasteiger partial charge in [0.15, 0.2) is 11.2 Å². The summed E-state index contributed by atoms with van der Waals surface area (Å²) in [6.07, 6.45) is 1.86. The zero-order valence-electron chi connectivity index (χ0n) is 35.1. The maximum atomic E-state index is 15.1. The molecule has 3 saturated carbocycles. The number of esters is 1. The van der Waals surface area contributed by atoms with Crippen LogP contribution in [0.4, 0.5) is 9.93 Å². The van der Waals surface area contributed by atoms with Crippen LogP contribution in [0.5, 0.6) is 5.75 Å². The van der Waals surface area contributed by atoms with Gasteiger partial charge in [-0.15, -0.1) is 11.3 Å². The normalized spacial score (nSPS) is 25.6. The zero-order chi connectivity index (χ0) is 43.0. The Kier molecular flexibility index (Phi) is 12.1. The maximum absolute atomic E-state index is 15.1. The second-order valence-electron chi connectivity index (χ2n) is 18.0. The minimum absolute atomic E-state index is 0.0156. The van der Waals surface area contributed by atoms with Gasteiger partial charge < -0.3 is 39.5 Å². The first-order valence-corrected chi connectivity index (χ1v) is 21.3. The smallest absolute Gasteiger partial charge is 0.489 e. The summed E-state index contributed by atoms with van der Waals surface area (Å²) in [7, 11) is 0.361. The molecule has 4 N–H and O–H groups in total. The van der Waals surface area contributed by atoms with E-state index in [0.29, 0.717) is 24.5 Å². The van der Waals surface area contributed by atoms with Gasteiger partial charge in [-0.05, 0) is 73.0 Å². The highest BCUT2D eigenvalue weighted by Gasteiger charge is 2.72. The highest BCUT2D eigenvalue weighted by atomic mass is 32.1. The first-order chi connectivity index (χ1) is 28.4. The van der Waals surface area contributed by atoms with Gasteiger partial charge in [-0.2, -0.15) is 0 Å². The third-order valence-electron chi connectivity index (χ3n) is 13.1. The van der Waals surface area contributed by atoms with E-state index in [1.807, 2.05) is 51.1 Å². The highest BCUT2D eigenvalue weighted by Crippen LogP contribution is 2.66. The maximum Gasteiger partial charge on any atom is 0.489 e. The molecule has 3 heterocycles. The molecule has 2 aliphatic heterocycles. The molecule has 0 spiro atoms. The highest BCUT2D eigenvalue weighted by molar-refractivity contribution is 7.13. The molecule has 4 amide bonds. The summed E-state index contributed by atoms with van der Waals surface area (Å²) in [5.74, 6) is -1.33. The number of nitrogens with one attached hydrogen (secondary N) is 4. The van der Waals surface area contributed by atoms with Crippen molar-refractivity contribution in [2.24, 2.45) is 22.7 Å². The average Bonchev–Trinajstić information content (AvgIpc) is 3.84. The quantitative estimate of drug-likeness (QED) is 0.121. The molecule has 2 aromatic carbocycles. The van der Waals surface area contributed by atoms with Crippen LogP contribution in [0.15, 0.2) is 60.0 Å². The van der Waals surface area contributed by atoms with Crippen LogP contribution in [0.2, 0.25) is 0 Å². The van der Waals surface area contributed by atoms with Crippen molar-refractivity contribution in [3.8, 4) is 5.75 Å². The summed E-state index contributed by atoms with van der Waals surface area (Å²) < 4.78 is 30.8. The van der Waals surface area contributed by atoms with Crippen molar-refractivity contribution in [1.82, 2.24) is 20.9 Å². The number of amides is 4. The van der Waals surface area contributed by atoms with Gasteiger partial charge in [0.1, 0.15) is 36.0 Å². The molecule has 17 heteroatoms. The standard InChI is InChI=1S/C43H54BN5O10S/c1-40(2,3)43(24-57-37(53)27-16-11-12-18-30(27)55-7,44-58-32-21-26-20-31(41(26,4)5)42(32,6)59-44)49-36(52)34(47-35(51)28-17-13-19-33(50)45-28)29-23-60-38(46-29)48-39(54)56-22-25-14-9-8-10-15-25/h8-12,14-16,18,23,26,28,31-32,34H,13,17,19-22,24H2,1-7H3,(H,45,50)(H,47,51)(H,49,52)(H,46,48,54)/t26?,28?,31?,32?,34?,42-,43-/m0/s1. The van der Waals surface area contributed by atoms with Crippen LogP contribution in [-0.2, 0) is 39.8 Å². The van der Waals surface area contributed by atoms with Crippen LogP contribution in [-0.4, -0.2) is 78.8 Å². The molecule has 3 aliphatic carbocycles. The van der Waals surface area contributed by atoms with Crippen molar-refractivity contribution in [3.63, 3.8) is 0 Å². The number of anilines is 1. The van der Waals surface area contributed by atoms with Crippen LogP contribution in [0.1, 0.15) is 101 Å². The van der Waals surface area contributed by atoms with E-state index in [1.165, 1.54) is 7.11 Å². The number of thiazole rings is 1. The first-order valence-electron chi connectivity index (χ1n) is 20.4. The second kappa shape index (κ2) is 16.8. The number of hydrogen-bond acceptors (Lipinski definition) is 12. The van der Waals surface area contributed by atoms with E-state index in [1.54, 1.807) is 29.6 Å². The van der Waals surface area contributed by atoms with Crippen molar-refractivity contribution in [2.75, 3.05) is 19.0 Å². The Hall–Kier alpha value is -5.00. The minimum Gasteiger partial charge on any atom is -0.496 e. The lowest BCUT2D eigenvalue weighted by Gasteiger charge is -2.64. The second-order valence-corrected chi connectivity index (χ2v) is 18.9. The van der Waals surface area contributed by atoms with Crippen LogP contribution in [0, 0.1) is 22.7 Å². The topological polar surface area (TPSA) is 193 Å². The molecule has 320 valence electrons. The van der Waals surface area contributed by atoms with Gasteiger partial charge in [-0.3, -0.25) is 19.7 Å². The fourth-order valence-electron chi connectivity index (χ4n) is 9.20. The van der Waals surface area contributed by atoms with Gasteiger partial charge in [0.25, 0.3) is 0 Å². The molecule has 15 nitrogen and oxygen atoms in total. The predicted molar refractivity (Wildman–Crippen MR) is 223 cm³/mol. The number of para-hydroxylation sites is 1. The Morgan fingerprint density at radius 2 is 1.77 bits per heavy atom. The van der Waals surface area contributed by atoms with E-state index in [-0.39, 0.29) is 59.4 Å². The van der Waals surface area contributed by atoms with Gasteiger partial charge in [-0.25, -0.2) is 14.6 Å². The van der Waals surface area contributed by atoms with Crippen molar-refractivity contribution in [3.05, 3.63) is 76.8 Å². The number of nitrogens with zero attached hydrogens (tertiary/aromatic N) is 1. The van der Waals surface area contributed by atoms with E-state index in [4.69, 9.17) is 23.5 Å². The minimum atomic E-state index is -1.56. The largest absolute Gasteiger partial charge is 0.496 e. The van der Waals surface area contributed by atoms with Gasteiger partial charge in [0.05, 0.1) is 24.5 Å². The number of hydrogen-bond donors (Lipinski definition) is 4. The molecule has 5 fully saturated rings. The van der Waals surface area contributed by atoms with Crippen molar-refractivity contribution in [2.45, 2.75) is 109 Å². The fraction of sp³-hybridized carbons (Fsp3) is 0.535.